The van der Waals surface area contributed by atoms with Gasteiger partial charge in [-0.2, -0.15) is 0 Å². The largest absolute Gasteiger partial charge is 0.481 e. The quantitative estimate of drug-likeness (QED) is 0.823. The van der Waals surface area contributed by atoms with Crippen LogP contribution in [0.1, 0.15) is 31.4 Å². The van der Waals surface area contributed by atoms with Crippen molar-refractivity contribution in [2.75, 3.05) is 0 Å². The van der Waals surface area contributed by atoms with Gasteiger partial charge in [-0.15, -0.1) is 0 Å². The standard InChI is InChI=1S/C14H18O3/c1-13(2,12(15)16)14(17)8-7-10-5-3-4-6-11(10)9-14/h3-6,17H,7-9H2,1-2H3,(H,15,16). The van der Waals surface area contributed by atoms with E-state index in [4.69, 9.17) is 0 Å². The fourth-order valence-corrected chi connectivity index (χ4v) is 2.45. The molecule has 0 amide bonds. The molecule has 0 heterocycles. The van der Waals surface area contributed by atoms with Crippen molar-refractivity contribution in [3.63, 3.8) is 0 Å². The van der Waals surface area contributed by atoms with Gasteiger partial charge in [0.25, 0.3) is 0 Å². The molecule has 92 valence electrons. The predicted molar refractivity (Wildman–Crippen MR) is 64.8 cm³/mol. The molecule has 2 rings (SSSR count). The Labute approximate surface area is 101 Å². The van der Waals surface area contributed by atoms with Crippen molar-refractivity contribution in [2.45, 2.75) is 38.7 Å². The summed E-state index contributed by atoms with van der Waals surface area (Å²) in [5.41, 5.74) is 0.00204. The molecule has 1 unspecified atom stereocenters. The van der Waals surface area contributed by atoms with Crippen LogP contribution in [0.2, 0.25) is 0 Å². The van der Waals surface area contributed by atoms with E-state index in [0.29, 0.717) is 12.8 Å². The van der Waals surface area contributed by atoms with Gasteiger partial charge in [0.1, 0.15) is 0 Å². The second-order valence-electron chi connectivity index (χ2n) is 5.41. The van der Waals surface area contributed by atoms with Crippen LogP contribution in [0.3, 0.4) is 0 Å². The molecule has 0 aromatic heterocycles. The summed E-state index contributed by atoms with van der Waals surface area (Å²) < 4.78 is 0. The van der Waals surface area contributed by atoms with E-state index in [2.05, 4.69) is 0 Å². The van der Waals surface area contributed by atoms with Gasteiger partial charge in [-0.1, -0.05) is 24.3 Å². The van der Waals surface area contributed by atoms with Crippen LogP contribution in [0, 0.1) is 5.41 Å². The van der Waals surface area contributed by atoms with Crippen LogP contribution >= 0.6 is 0 Å². The van der Waals surface area contributed by atoms with E-state index in [1.165, 1.54) is 5.56 Å². The summed E-state index contributed by atoms with van der Waals surface area (Å²) in [5.74, 6) is -0.945. The summed E-state index contributed by atoms with van der Waals surface area (Å²) in [6.45, 7) is 3.20. The molecule has 1 aliphatic carbocycles. The SMILES string of the molecule is CC(C)(C(=O)O)C1(O)CCc2ccccc2C1. The smallest absolute Gasteiger partial charge is 0.312 e. The summed E-state index contributed by atoms with van der Waals surface area (Å²) in [5, 5.41) is 19.9. The molecule has 0 radical (unpaired) electrons. The number of carboxylic acid groups (broad SMARTS) is 1. The second-order valence-corrected chi connectivity index (χ2v) is 5.41. The number of hydrogen-bond acceptors (Lipinski definition) is 2. The number of rotatable bonds is 2. The van der Waals surface area contributed by atoms with Gasteiger partial charge in [0, 0.05) is 6.42 Å². The van der Waals surface area contributed by atoms with Crippen molar-refractivity contribution >= 4 is 5.97 Å². The summed E-state index contributed by atoms with van der Waals surface area (Å²) in [6.07, 6.45) is 1.66. The zero-order chi connectivity index (χ0) is 12.7. The first-order valence-corrected chi connectivity index (χ1v) is 5.89. The fraction of sp³-hybridized carbons (Fsp3) is 0.500. The molecule has 2 N–H and O–H groups in total. The van der Waals surface area contributed by atoms with Gasteiger partial charge in [-0.3, -0.25) is 4.79 Å². The monoisotopic (exact) mass is 234 g/mol. The first-order chi connectivity index (χ1) is 7.87. The predicted octanol–water partition coefficient (Wildman–Crippen LogP) is 2.02. The molecule has 1 aromatic rings. The molecule has 0 saturated heterocycles. The first-order valence-electron chi connectivity index (χ1n) is 5.89. The Morgan fingerprint density at radius 1 is 1.29 bits per heavy atom. The highest BCUT2D eigenvalue weighted by Crippen LogP contribution is 2.41. The number of carbonyl (C=O) groups is 1. The Kier molecular flexibility index (Phi) is 2.74. The molecule has 0 bridgehead atoms. The van der Waals surface area contributed by atoms with Crippen LogP contribution in [-0.2, 0) is 17.6 Å². The molecule has 0 spiro atoms. The summed E-state index contributed by atoms with van der Waals surface area (Å²) in [7, 11) is 0. The van der Waals surface area contributed by atoms with E-state index in [0.717, 1.165) is 12.0 Å². The molecule has 1 atom stereocenters. The average Bonchev–Trinajstić information content (AvgIpc) is 2.28. The van der Waals surface area contributed by atoms with Gasteiger partial charge in [0.15, 0.2) is 0 Å². The third-order valence-corrected chi connectivity index (χ3v) is 4.11. The third-order valence-electron chi connectivity index (χ3n) is 4.11. The highest BCUT2D eigenvalue weighted by molar-refractivity contribution is 5.75. The molecule has 1 aromatic carbocycles. The van der Waals surface area contributed by atoms with E-state index in [1.807, 2.05) is 24.3 Å². The zero-order valence-corrected chi connectivity index (χ0v) is 10.2. The summed E-state index contributed by atoms with van der Waals surface area (Å²) in [6, 6.07) is 7.92. The Hall–Kier alpha value is -1.35. The second kappa shape index (κ2) is 3.84. The van der Waals surface area contributed by atoms with E-state index >= 15 is 0 Å². The highest BCUT2D eigenvalue weighted by atomic mass is 16.4. The maximum absolute atomic E-state index is 11.3. The van der Waals surface area contributed by atoms with Crippen LogP contribution in [0.4, 0.5) is 0 Å². The molecule has 3 nitrogen and oxygen atoms in total. The summed E-state index contributed by atoms with van der Waals surface area (Å²) in [4.78, 5) is 11.3. The molecule has 3 heteroatoms. The number of aryl methyl sites for hydroxylation is 1. The van der Waals surface area contributed by atoms with Crippen LogP contribution in [0.15, 0.2) is 24.3 Å². The minimum absolute atomic E-state index is 0.419. The lowest BCUT2D eigenvalue weighted by Gasteiger charge is -2.43. The molecule has 0 aliphatic heterocycles. The maximum Gasteiger partial charge on any atom is 0.312 e. The minimum atomic E-state index is -1.16. The summed E-state index contributed by atoms with van der Waals surface area (Å²) >= 11 is 0. The average molecular weight is 234 g/mol. The van der Waals surface area contributed by atoms with E-state index in [1.54, 1.807) is 13.8 Å². The molecule has 1 aliphatic rings. The number of carboxylic acids is 1. The number of fused-ring (bicyclic) bond motifs is 1. The van der Waals surface area contributed by atoms with Crippen molar-refractivity contribution in [3.8, 4) is 0 Å². The molecular formula is C14H18O3. The molecule has 0 fully saturated rings. The van der Waals surface area contributed by atoms with E-state index in [-0.39, 0.29) is 0 Å². The fourth-order valence-electron chi connectivity index (χ4n) is 2.45. The topological polar surface area (TPSA) is 57.5 Å². The lowest BCUT2D eigenvalue weighted by Crippen LogP contribution is -2.53. The zero-order valence-electron chi connectivity index (χ0n) is 10.2. The Bertz CT molecular complexity index is 451. The first kappa shape index (κ1) is 12.1. The van der Waals surface area contributed by atoms with Gasteiger partial charge in [0.2, 0.25) is 0 Å². The molecule has 17 heavy (non-hydrogen) atoms. The van der Waals surface area contributed by atoms with Crippen LogP contribution in [0.25, 0.3) is 0 Å². The van der Waals surface area contributed by atoms with E-state index in [9.17, 15) is 15.0 Å². The number of hydrogen-bond donors (Lipinski definition) is 2. The van der Waals surface area contributed by atoms with Gasteiger partial charge < -0.3 is 10.2 Å². The van der Waals surface area contributed by atoms with Gasteiger partial charge in [-0.25, -0.2) is 0 Å². The normalized spacial score (nSPS) is 24.2. The lowest BCUT2D eigenvalue weighted by atomic mass is 9.66. The van der Waals surface area contributed by atoms with Crippen molar-refractivity contribution < 1.29 is 15.0 Å². The Balaban J connectivity index is 2.36. The van der Waals surface area contributed by atoms with Crippen LogP contribution < -0.4 is 0 Å². The van der Waals surface area contributed by atoms with Crippen LogP contribution in [-0.4, -0.2) is 21.8 Å². The van der Waals surface area contributed by atoms with E-state index < -0.39 is 17.0 Å². The van der Waals surface area contributed by atoms with Crippen molar-refractivity contribution in [3.05, 3.63) is 35.4 Å². The van der Waals surface area contributed by atoms with Crippen molar-refractivity contribution in [2.24, 2.45) is 5.41 Å². The number of aliphatic carboxylic acids is 1. The molecule has 0 saturated carbocycles. The minimum Gasteiger partial charge on any atom is -0.481 e. The highest BCUT2D eigenvalue weighted by Gasteiger charge is 2.50. The molecular weight excluding hydrogens is 216 g/mol. The van der Waals surface area contributed by atoms with Gasteiger partial charge in [-0.05, 0) is 37.8 Å². The van der Waals surface area contributed by atoms with Gasteiger partial charge >= 0.3 is 5.97 Å². The number of benzene rings is 1. The van der Waals surface area contributed by atoms with Gasteiger partial charge in [0.05, 0.1) is 11.0 Å². The van der Waals surface area contributed by atoms with Crippen LogP contribution in [0.5, 0.6) is 0 Å². The Morgan fingerprint density at radius 3 is 2.47 bits per heavy atom. The van der Waals surface area contributed by atoms with Crippen molar-refractivity contribution in [1.82, 2.24) is 0 Å². The lowest BCUT2D eigenvalue weighted by molar-refractivity contribution is -0.166. The number of aliphatic hydroxyl groups is 1. The third kappa shape index (κ3) is 1.84. The Morgan fingerprint density at radius 2 is 1.88 bits per heavy atom. The van der Waals surface area contributed by atoms with Crippen molar-refractivity contribution in [1.29, 1.82) is 0 Å². The maximum atomic E-state index is 11.3.